The fourth-order valence-electron chi connectivity index (χ4n) is 3.17. The van der Waals surface area contributed by atoms with Crippen molar-refractivity contribution in [2.45, 2.75) is 41.7 Å². The Bertz CT molecular complexity index is 847. The first-order valence-electron chi connectivity index (χ1n) is 8.06. The standard InChI is InChI=1S/C16H18Cl2N2O2S2/c1-22-6-5-20-14(21)12-10-3-2-4-11(10)24-13(12)19-15(20)23-8-9-7-16(9,17)18/h9H,2-8H2,1H3/t9-/m1/s1. The van der Waals surface area contributed by atoms with Crippen molar-refractivity contribution in [3.63, 3.8) is 0 Å². The van der Waals surface area contributed by atoms with Crippen LogP contribution in [0.15, 0.2) is 9.95 Å². The third-order valence-corrected chi connectivity index (χ3v) is 7.93. The Balaban J connectivity index is 1.72. The molecule has 0 unspecified atom stereocenters. The summed E-state index contributed by atoms with van der Waals surface area (Å²) in [5.41, 5.74) is 1.29. The van der Waals surface area contributed by atoms with Crippen molar-refractivity contribution < 1.29 is 4.74 Å². The molecule has 0 saturated heterocycles. The highest BCUT2D eigenvalue weighted by molar-refractivity contribution is 7.99. The van der Waals surface area contributed by atoms with Crippen LogP contribution in [-0.2, 0) is 24.1 Å². The normalized spacial score (nSPS) is 21.4. The van der Waals surface area contributed by atoms with Gasteiger partial charge in [-0.1, -0.05) is 11.8 Å². The summed E-state index contributed by atoms with van der Waals surface area (Å²) < 4.78 is 6.34. The molecule has 130 valence electrons. The molecule has 0 amide bonds. The molecule has 0 aliphatic heterocycles. The molecule has 24 heavy (non-hydrogen) atoms. The zero-order valence-corrected chi connectivity index (χ0v) is 16.5. The van der Waals surface area contributed by atoms with Crippen LogP contribution in [0.1, 0.15) is 23.3 Å². The predicted octanol–water partition coefficient (Wildman–Crippen LogP) is 3.88. The first-order chi connectivity index (χ1) is 11.5. The molecule has 2 aliphatic rings. The van der Waals surface area contributed by atoms with Crippen molar-refractivity contribution in [1.29, 1.82) is 0 Å². The summed E-state index contributed by atoms with van der Waals surface area (Å²) in [6.45, 7) is 1.01. The molecule has 0 bridgehead atoms. The molecule has 0 N–H and O–H groups in total. The largest absolute Gasteiger partial charge is 0.383 e. The van der Waals surface area contributed by atoms with E-state index in [1.165, 1.54) is 10.4 Å². The van der Waals surface area contributed by atoms with Gasteiger partial charge in [-0.2, -0.15) is 0 Å². The van der Waals surface area contributed by atoms with Crippen molar-refractivity contribution in [2.75, 3.05) is 19.5 Å². The zero-order chi connectivity index (χ0) is 16.9. The molecule has 2 aromatic heterocycles. The van der Waals surface area contributed by atoms with Crippen molar-refractivity contribution in [3.8, 4) is 0 Å². The third-order valence-electron chi connectivity index (χ3n) is 4.68. The van der Waals surface area contributed by atoms with Crippen LogP contribution in [-0.4, -0.2) is 33.4 Å². The average molecular weight is 405 g/mol. The third kappa shape index (κ3) is 3.01. The number of thiophene rings is 1. The van der Waals surface area contributed by atoms with Gasteiger partial charge < -0.3 is 4.74 Å². The fraction of sp³-hybridized carbons (Fsp3) is 0.625. The fourth-order valence-corrected chi connectivity index (χ4v) is 6.43. The van der Waals surface area contributed by atoms with Crippen molar-refractivity contribution in [2.24, 2.45) is 5.92 Å². The number of fused-ring (bicyclic) bond motifs is 3. The van der Waals surface area contributed by atoms with E-state index in [-0.39, 0.29) is 11.5 Å². The second-order valence-corrected chi connectivity index (χ2v) is 9.97. The molecule has 8 heteroatoms. The Labute approximate surface area is 158 Å². The molecule has 0 aromatic carbocycles. The molecule has 2 heterocycles. The molecule has 4 rings (SSSR count). The van der Waals surface area contributed by atoms with Gasteiger partial charge in [-0.15, -0.1) is 34.5 Å². The van der Waals surface area contributed by atoms with Gasteiger partial charge in [0, 0.05) is 23.7 Å². The minimum Gasteiger partial charge on any atom is -0.383 e. The van der Waals surface area contributed by atoms with Crippen LogP contribution in [0, 0.1) is 5.92 Å². The van der Waals surface area contributed by atoms with Crippen LogP contribution >= 0.6 is 46.3 Å². The maximum absolute atomic E-state index is 13.1. The minimum atomic E-state index is -0.598. The number of methoxy groups -OCH3 is 1. The summed E-state index contributed by atoms with van der Waals surface area (Å²) in [7, 11) is 1.64. The summed E-state index contributed by atoms with van der Waals surface area (Å²) in [5, 5.41) is 1.57. The van der Waals surface area contributed by atoms with E-state index in [0.29, 0.717) is 13.2 Å². The lowest BCUT2D eigenvalue weighted by Gasteiger charge is -2.12. The van der Waals surface area contributed by atoms with Crippen LogP contribution in [0.3, 0.4) is 0 Å². The lowest BCUT2D eigenvalue weighted by atomic mass is 10.2. The van der Waals surface area contributed by atoms with Gasteiger partial charge in [0.05, 0.1) is 18.5 Å². The SMILES string of the molecule is COCCn1c(SC[C@H]2CC2(Cl)Cl)nc2sc3c(c2c1=O)CCC3. The molecular formula is C16H18Cl2N2O2S2. The van der Waals surface area contributed by atoms with E-state index in [4.69, 9.17) is 32.9 Å². The highest BCUT2D eigenvalue weighted by Crippen LogP contribution is 2.54. The van der Waals surface area contributed by atoms with Crippen molar-refractivity contribution in [3.05, 3.63) is 20.8 Å². The molecule has 0 spiro atoms. The van der Waals surface area contributed by atoms with Crippen LogP contribution in [0.2, 0.25) is 0 Å². The van der Waals surface area contributed by atoms with E-state index < -0.39 is 4.33 Å². The molecule has 1 fully saturated rings. The first kappa shape index (κ1) is 17.2. The molecule has 1 saturated carbocycles. The second kappa shape index (κ2) is 6.47. The number of thioether (sulfide) groups is 1. The molecule has 4 nitrogen and oxygen atoms in total. The number of rotatable bonds is 6. The Morgan fingerprint density at radius 1 is 1.46 bits per heavy atom. The Kier molecular flexibility index (Phi) is 4.63. The lowest BCUT2D eigenvalue weighted by molar-refractivity contribution is 0.183. The van der Waals surface area contributed by atoms with Gasteiger partial charge >= 0.3 is 0 Å². The van der Waals surface area contributed by atoms with E-state index in [1.807, 2.05) is 0 Å². The van der Waals surface area contributed by atoms with E-state index in [9.17, 15) is 4.79 Å². The number of alkyl halides is 2. The van der Waals surface area contributed by atoms with Crippen LogP contribution in [0.4, 0.5) is 0 Å². The summed E-state index contributed by atoms with van der Waals surface area (Å²) in [6, 6.07) is 0. The van der Waals surface area contributed by atoms with E-state index >= 15 is 0 Å². The number of ether oxygens (including phenoxy) is 1. The zero-order valence-electron chi connectivity index (χ0n) is 13.3. The van der Waals surface area contributed by atoms with Crippen molar-refractivity contribution in [1.82, 2.24) is 9.55 Å². The van der Waals surface area contributed by atoms with Gasteiger partial charge in [-0.3, -0.25) is 9.36 Å². The van der Waals surface area contributed by atoms with E-state index in [0.717, 1.165) is 46.8 Å². The van der Waals surface area contributed by atoms with Crippen LogP contribution in [0.25, 0.3) is 10.2 Å². The maximum atomic E-state index is 13.1. The summed E-state index contributed by atoms with van der Waals surface area (Å²) >= 11 is 15.5. The number of aryl methyl sites for hydroxylation is 2. The van der Waals surface area contributed by atoms with Crippen molar-refractivity contribution >= 4 is 56.5 Å². The highest BCUT2D eigenvalue weighted by Gasteiger charge is 2.51. The summed E-state index contributed by atoms with van der Waals surface area (Å²) in [5.74, 6) is 1.05. The molecule has 0 radical (unpaired) electrons. The Hall–Kier alpha value is -0.270. The lowest BCUT2D eigenvalue weighted by Crippen LogP contribution is -2.25. The predicted molar refractivity (Wildman–Crippen MR) is 101 cm³/mol. The van der Waals surface area contributed by atoms with Gasteiger partial charge in [-0.25, -0.2) is 4.98 Å². The first-order valence-corrected chi connectivity index (χ1v) is 10.6. The van der Waals surface area contributed by atoms with Crippen LogP contribution in [0.5, 0.6) is 0 Å². The quantitative estimate of drug-likeness (QED) is 0.416. The topological polar surface area (TPSA) is 44.1 Å². The van der Waals surface area contributed by atoms with Gasteiger partial charge in [0.2, 0.25) is 0 Å². The second-order valence-electron chi connectivity index (χ2n) is 6.35. The number of hydrogen-bond donors (Lipinski definition) is 0. The number of hydrogen-bond acceptors (Lipinski definition) is 5. The smallest absolute Gasteiger partial charge is 0.263 e. The monoisotopic (exact) mass is 404 g/mol. The minimum absolute atomic E-state index is 0.0674. The number of aromatic nitrogens is 2. The summed E-state index contributed by atoms with van der Waals surface area (Å²) in [6.07, 6.45) is 4.01. The number of halogens is 2. The van der Waals surface area contributed by atoms with Gasteiger partial charge in [-0.05, 0) is 31.2 Å². The number of nitrogens with zero attached hydrogens (tertiary/aromatic N) is 2. The molecule has 2 aliphatic carbocycles. The molecule has 1 atom stereocenters. The van der Waals surface area contributed by atoms with E-state index in [1.54, 1.807) is 34.8 Å². The summed E-state index contributed by atoms with van der Waals surface area (Å²) in [4.78, 5) is 20.1. The van der Waals surface area contributed by atoms with E-state index in [2.05, 4.69) is 0 Å². The highest BCUT2D eigenvalue weighted by atomic mass is 35.5. The van der Waals surface area contributed by atoms with Gasteiger partial charge in [0.15, 0.2) is 5.16 Å². The van der Waals surface area contributed by atoms with Gasteiger partial charge in [0.25, 0.3) is 5.56 Å². The van der Waals surface area contributed by atoms with Gasteiger partial charge in [0.1, 0.15) is 9.16 Å². The Morgan fingerprint density at radius 3 is 2.96 bits per heavy atom. The van der Waals surface area contributed by atoms with Crippen LogP contribution < -0.4 is 5.56 Å². The Morgan fingerprint density at radius 2 is 2.25 bits per heavy atom. The molecule has 2 aromatic rings. The maximum Gasteiger partial charge on any atom is 0.263 e. The average Bonchev–Trinajstić information content (AvgIpc) is 2.88. The molecular weight excluding hydrogens is 387 g/mol.